The summed E-state index contributed by atoms with van der Waals surface area (Å²) in [7, 11) is 0. The first-order valence-electron chi connectivity index (χ1n) is 13.0. The lowest BCUT2D eigenvalue weighted by Gasteiger charge is -2.06. The maximum absolute atomic E-state index is 11.7. The fourth-order valence-electron chi connectivity index (χ4n) is 3.61. The number of esters is 1. The Morgan fingerprint density at radius 2 is 1.21 bits per heavy atom. The number of rotatable bonds is 22. The van der Waals surface area contributed by atoms with E-state index in [1.807, 2.05) is 0 Å². The number of carbonyl (C=O) groups excluding carboxylic acids is 1. The molecule has 0 fully saturated rings. The van der Waals surface area contributed by atoms with E-state index < -0.39 is 0 Å². The smallest absolute Gasteiger partial charge is 0.305 e. The van der Waals surface area contributed by atoms with E-state index in [2.05, 4.69) is 32.9 Å². The summed E-state index contributed by atoms with van der Waals surface area (Å²) >= 11 is 0. The zero-order valence-electron chi connectivity index (χ0n) is 20.2. The lowest BCUT2D eigenvalue weighted by Crippen LogP contribution is -2.05. The molecule has 0 aliphatic rings. The summed E-state index contributed by atoms with van der Waals surface area (Å²) < 4.78 is 5.34. The molecule has 0 spiro atoms. The number of hydrogen-bond acceptors (Lipinski definition) is 2. The molecule has 2 nitrogen and oxygen atoms in total. The van der Waals surface area contributed by atoms with Crippen LogP contribution in [0.1, 0.15) is 143 Å². The number of hydrogen-bond donors (Lipinski definition) is 0. The van der Waals surface area contributed by atoms with Crippen LogP contribution in [0.2, 0.25) is 0 Å². The Hall–Kier alpha value is -0.790. The van der Waals surface area contributed by atoms with E-state index in [4.69, 9.17) is 4.74 Å². The van der Waals surface area contributed by atoms with Crippen LogP contribution in [0.4, 0.5) is 0 Å². The molecule has 0 N–H and O–H groups in total. The average Bonchev–Trinajstić information content (AvgIpc) is 2.70. The second-order valence-electron chi connectivity index (χ2n) is 9.15. The molecule has 0 aromatic carbocycles. The molecule has 0 atom stereocenters. The highest BCUT2D eigenvalue weighted by molar-refractivity contribution is 5.69. The topological polar surface area (TPSA) is 26.3 Å². The fourth-order valence-corrected chi connectivity index (χ4v) is 3.61. The van der Waals surface area contributed by atoms with Gasteiger partial charge in [0.1, 0.15) is 0 Å². The van der Waals surface area contributed by atoms with Gasteiger partial charge in [0.15, 0.2) is 0 Å². The first kappa shape index (κ1) is 28.2. The highest BCUT2D eigenvalue weighted by atomic mass is 16.5. The molecule has 0 saturated carbocycles. The van der Waals surface area contributed by atoms with Crippen molar-refractivity contribution in [3.05, 3.63) is 12.2 Å². The van der Waals surface area contributed by atoms with Gasteiger partial charge in [0.25, 0.3) is 0 Å². The van der Waals surface area contributed by atoms with Gasteiger partial charge >= 0.3 is 5.97 Å². The van der Waals surface area contributed by atoms with Crippen molar-refractivity contribution >= 4 is 5.97 Å². The Labute approximate surface area is 183 Å². The van der Waals surface area contributed by atoms with Crippen LogP contribution in [0.15, 0.2) is 12.2 Å². The molecule has 2 heteroatoms. The van der Waals surface area contributed by atoms with Crippen LogP contribution in [0.25, 0.3) is 0 Å². The van der Waals surface area contributed by atoms with E-state index in [0.29, 0.717) is 13.0 Å². The van der Waals surface area contributed by atoms with E-state index in [0.717, 1.165) is 18.8 Å². The van der Waals surface area contributed by atoms with Gasteiger partial charge in [0, 0.05) is 6.42 Å². The van der Waals surface area contributed by atoms with E-state index in [-0.39, 0.29) is 5.97 Å². The Morgan fingerprint density at radius 1 is 0.690 bits per heavy atom. The van der Waals surface area contributed by atoms with Crippen molar-refractivity contribution in [3.63, 3.8) is 0 Å². The Morgan fingerprint density at radius 3 is 1.83 bits per heavy atom. The van der Waals surface area contributed by atoms with Crippen molar-refractivity contribution in [2.75, 3.05) is 6.61 Å². The fraction of sp³-hybridized carbons (Fsp3) is 0.889. The van der Waals surface area contributed by atoms with Gasteiger partial charge in [0.2, 0.25) is 0 Å². The molecule has 0 aromatic heterocycles. The molecule has 0 heterocycles. The minimum atomic E-state index is 0.00802. The third kappa shape index (κ3) is 25.2. The molecule has 0 unspecified atom stereocenters. The van der Waals surface area contributed by atoms with Crippen LogP contribution in [0.5, 0.6) is 0 Å². The largest absolute Gasteiger partial charge is 0.466 e. The normalized spacial score (nSPS) is 11.6. The standard InChI is InChI=1S/C27H52O2/c1-4-5-6-7-8-9-10-11-12-13-14-15-16-17-21-24-27(28)29-25-22-19-18-20-23-26(2)3/h9-10,26H,4-8,11-25H2,1-3H3. The van der Waals surface area contributed by atoms with Gasteiger partial charge in [-0.1, -0.05) is 110 Å². The maximum Gasteiger partial charge on any atom is 0.305 e. The van der Waals surface area contributed by atoms with Gasteiger partial charge in [-0.25, -0.2) is 0 Å². The van der Waals surface area contributed by atoms with Crippen molar-refractivity contribution in [3.8, 4) is 0 Å². The van der Waals surface area contributed by atoms with Crippen molar-refractivity contribution in [1.29, 1.82) is 0 Å². The van der Waals surface area contributed by atoms with Crippen LogP contribution in [-0.2, 0) is 9.53 Å². The third-order valence-electron chi connectivity index (χ3n) is 5.58. The van der Waals surface area contributed by atoms with Gasteiger partial charge in [-0.15, -0.1) is 0 Å². The molecule has 0 saturated heterocycles. The second-order valence-corrected chi connectivity index (χ2v) is 9.15. The Bertz CT molecular complexity index is 360. The Balaban J connectivity index is 3.20. The predicted octanol–water partition coefficient (Wildman–Crippen LogP) is 9.17. The summed E-state index contributed by atoms with van der Waals surface area (Å²) in [6, 6.07) is 0. The van der Waals surface area contributed by atoms with Crippen LogP contribution in [-0.4, -0.2) is 12.6 Å². The van der Waals surface area contributed by atoms with Crippen molar-refractivity contribution < 1.29 is 9.53 Å². The van der Waals surface area contributed by atoms with E-state index in [1.54, 1.807) is 0 Å². The first-order chi connectivity index (χ1) is 14.2. The number of unbranched alkanes of at least 4 members (excludes halogenated alkanes) is 14. The maximum atomic E-state index is 11.7. The minimum Gasteiger partial charge on any atom is -0.466 e. The van der Waals surface area contributed by atoms with Gasteiger partial charge in [0.05, 0.1) is 6.61 Å². The summed E-state index contributed by atoms with van der Waals surface area (Å²) in [4.78, 5) is 11.7. The van der Waals surface area contributed by atoms with E-state index in [9.17, 15) is 4.79 Å². The van der Waals surface area contributed by atoms with Gasteiger partial charge in [-0.3, -0.25) is 4.79 Å². The molecule has 0 amide bonds. The summed E-state index contributed by atoms with van der Waals surface area (Å²) in [5.41, 5.74) is 0. The number of ether oxygens (including phenoxy) is 1. The van der Waals surface area contributed by atoms with Gasteiger partial charge in [-0.2, -0.15) is 0 Å². The molecule has 29 heavy (non-hydrogen) atoms. The second kappa shape index (κ2) is 23.5. The summed E-state index contributed by atoms with van der Waals surface area (Å²) in [6.45, 7) is 7.44. The monoisotopic (exact) mass is 408 g/mol. The number of allylic oxidation sites excluding steroid dienone is 2. The molecular weight excluding hydrogens is 356 g/mol. The predicted molar refractivity (Wildman–Crippen MR) is 128 cm³/mol. The highest BCUT2D eigenvalue weighted by Crippen LogP contribution is 2.12. The Kier molecular flexibility index (Phi) is 22.8. The third-order valence-corrected chi connectivity index (χ3v) is 5.58. The molecule has 0 radical (unpaired) electrons. The first-order valence-corrected chi connectivity index (χ1v) is 13.0. The SMILES string of the molecule is CCCCCCC=CCCCCCCCCCC(=O)OCCCCCCC(C)C. The van der Waals surface area contributed by atoms with Crippen molar-refractivity contribution in [2.45, 2.75) is 143 Å². The summed E-state index contributed by atoms with van der Waals surface area (Å²) in [5.74, 6) is 0.813. The van der Waals surface area contributed by atoms with Crippen LogP contribution < -0.4 is 0 Å². The molecule has 172 valence electrons. The zero-order valence-corrected chi connectivity index (χ0v) is 20.2. The molecular formula is C27H52O2. The zero-order chi connectivity index (χ0) is 21.4. The van der Waals surface area contributed by atoms with E-state index >= 15 is 0 Å². The molecule has 0 aliphatic heterocycles. The van der Waals surface area contributed by atoms with Crippen LogP contribution in [0.3, 0.4) is 0 Å². The lowest BCUT2D eigenvalue weighted by atomic mass is 10.0. The van der Waals surface area contributed by atoms with Crippen LogP contribution in [0, 0.1) is 5.92 Å². The lowest BCUT2D eigenvalue weighted by molar-refractivity contribution is -0.143. The van der Waals surface area contributed by atoms with Gasteiger partial charge < -0.3 is 4.74 Å². The van der Waals surface area contributed by atoms with Crippen LogP contribution >= 0.6 is 0 Å². The van der Waals surface area contributed by atoms with Gasteiger partial charge in [-0.05, 0) is 44.4 Å². The molecule has 0 aliphatic carbocycles. The number of carbonyl (C=O) groups is 1. The molecule has 0 aromatic rings. The average molecular weight is 409 g/mol. The molecule has 0 bridgehead atoms. The quantitative estimate of drug-likeness (QED) is 0.101. The van der Waals surface area contributed by atoms with Crippen molar-refractivity contribution in [1.82, 2.24) is 0 Å². The van der Waals surface area contributed by atoms with Crippen molar-refractivity contribution in [2.24, 2.45) is 5.92 Å². The van der Waals surface area contributed by atoms with E-state index in [1.165, 1.54) is 103 Å². The molecule has 0 rings (SSSR count). The minimum absolute atomic E-state index is 0.00802. The summed E-state index contributed by atoms with van der Waals surface area (Å²) in [6.07, 6.45) is 28.2. The summed E-state index contributed by atoms with van der Waals surface area (Å²) in [5, 5.41) is 0. The highest BCUT2D eigenvalue weighted by Gasteiger charge is 2.02.